The predicted molar refractivity (Wildman–Crippen MR) is 116 cm³/mol. The van der Waals surface area contributed by atoms with Gasteiger partial charge in [0.15, 0.2) is 11.5 Å². The summed E-state index contributed by atoms with van der Waals surface area (Å²) in [6.45, 7) is 4.23. The van der Waals surface area contributed by atoms with Crippen molar-refractivity contribution in [3.05, 3.63) is 94.3 Å². The summed E-state index contributed by atoms with van der Waals surface area (Å²) < 4.78 is 22.3. The SMILES string of the molecule is CCOc1ccccc1Oc1coc2cc(OC(=O)c3cccc(C)c3)ccc2c1=O. The van der Waals surface area contributed by atoms with Crippen molar-refractivity contribution in [2.45, 2.75) is 13.8 Å². The average molecular weight is 416 g/mol. The van der Waals surface area contributed by atoms with Gasteiger partial charge in [-0.2, -0.15) is 0 Å². The molecule has 0 saturated carbocycles. The first-order valence-electron chi connectivity index (χ1n) is 9.79. The lowest BCUT2D eigenvalue weighted by molar-refractivity contribution is 0.0735. The van der Waals surface area contributed by atoms with Crippen molar-refractivity contribution in [3.8, 4) is 23.0 Å². The topological polar surface area (TPSA) is 75.0 Å². The van der Waals surface area contributed by atoms with E-state index in [1.165, 1.54) is 12.3 Å². The monoisotopic (exact) mass is 416 g/mol. The van der Waals surface area contributed by atoms with Gasteiger partial charge in [-0.05, 0) is 50.2 Å². The Hall–Kier alpha value is -4.06. The first-order valence-corrected chi connectivity index (χ1v) is 9.79. The molecule has 0 fully saturated rings. The third-order valence-electron chi connectivity index (χ3n) is 4.55. The first kappa shape index (κ1) is 20.2. The van der Waals surface area contributed by atoms with Gasteiger partial charge in [-0.15, -0.1) is 0 Å². The van der Waals surface area contributed by atoms with Crippen LogP contribution >= 0.6 is 0 Å². The molecular formula is C25H20O6. The maximum atomic E-state index is 12.9. The molecule has 31 heavy (non-hydrogen) atoms. The molecule has 0 saturated heterocycles. The van der Waals surface area contributed by atoms with Gasteiger partial charge in [0, 0.05) is 6.07 Å². The predicted octanol–water partition coefficient (Wildman–Crippen LogP) is 5.51. The molecule has 6 nitrogen and oxygen atoms in total. The fourth-order valence-electron chi connectivity index (χ4n) is 3.09. The van der Waals surface area contributed by atoms with Gasteiger partial charge in [0.2, 0.25) is 11.2 Å². The molecule has 0 atom stereocenters. The van der Waals surface area contributed by atoms with Crippen molar-refractivity contribution in [2.75, 3.05) is 6.61 Å². The fourth-order valence-corrected chi connectivity index (χ4v) is 3.09. The van der Waals surface area contributed by atoms with E-state index < -0.39 is 5.97 Å². The van der Waals surface area contributed by atoms with Crippen LogP contribution in [0.5, 0.6) is 23.0 Å². The molecule has 0 radical (unpaired) electrons. The number of rotatable bonds is 6. The maximum Gasteiger partial charge on any atom is 0.343 e. The standard InChI is InChI=1S/C25H20O6/c1-3-28-20-9-4-5-10-21(20)31-23-15-29-22-14-18(11-12-19(22)24(23)26)30-25(27)17-8-6-7-16(2)13-17/h4-15H,3H2,1-2H3. The van der Waals surface area contributed by atoms with E-state index in [9.17, 15) is 9.59 Å². The molecular weight excluding hydrogens is 396 g/mol. The molecule has 0 aliphatic heterocycles. The number of hydrogen-bond donors (Lipinski definition) is 0. The van der Waals surface area contributed by atoms with Gasteiger partial charge < -0.3 is 18.6 Å². The zero-order valence-electron chi connectivity index (χ0n) is 17.1. The minimum atomic E-state index is -0.488. The van der Waals surface area contributed by atoms with Gasteiger partial charge in [0.05, 0.1) is 17.6 Å². The molecule has 0 spiro atoms. The Balaban J connectivity index is 1.60. The molecule has 0 N–H and O–H groups in total. The third kappa shape index (κ3) is 4.43. The van der Waals surface area contributed by atoms with E-state index in [1.807, 2.05) is 26.0 Å². The number of ether oxygens (including phenoxy) is 3. The molecule has 0 unspecified atom stereocenters. The Morgan fingerprint density at radius 2 is 1.74 bits per heavy atom. The van der Waals surface area contributed by atoms with Crippen LogP contribution in [0.1, 0.15) is 22.8 Å². The highest BCUT2D eigenvalue weighted by Crippen LogP contribution is 2.31. The molecule has 156 valence electrons. The molecule has 4 aromatic rings. The van der Waals surface area contributed by atoms with Crippen molar-refractivity contribution in [1.82, 2.24) is 0 Å². The van der Waals surface area contributed by atoms with E-state index in [4.69, 9.17) is 18.6 Å². The average Bonchev–Trinajstić information content (AvgIpc) is 2.77. The van der Waals surface area contributed by atoms with Crippen molar-refractivity contribution >= 4 is 16.9 Å². The van der Waals surface area contributed by atoms with Gasteiger partial charge in [-0.25, -0.2) is 4.79 Å². The number of carbonyl (C=O) groups is 1. The number of aryl methyl sites for hydroxylation is 1. The summed E-state index contributed by atoms with van der Waals surface area (Å²) in [7, 11) is 0. The normalized spacial score (nSPS) is 10.6. The maximum absolute atomic E-state index is 12.9. The molecule has 1 aromatic heterocycles. The van der Waals surface area contributed by atoms with Crippen LogP contribution in [0.2, 0.25) is 0 Å². The number of hydrogen-bond acceptors (Lipinski definition) is 6. The number of para-hydroxylation sites is 2. The van der Waals surface area contributed by atoms with Crippen LogP contribution in [0.4, 0.5) is 0 Å². The Labute approximate surface area is 178 Å². The lowest BCUT2D eigenvalue weighted by atomic mass is 10.1. The molecule has 4 rings (SSSR count). The van der Waals surface area contributed by atoms with Crippen molar-refractivity contribution in [1.29, 1.82) is 0 Å². The largest absolute Gasteiger partial charge is 0.490 e. The second-order valence-corrected chi connectivity index (χ2v) is 6.83. The van der Waals surface area contributed by atoms with Gasteiger partial charge in [-0.3, -0.25) is 4.79 Å². The van der Waals surface area contributed by atoms with Gasteiger partial charge in [-0.1, -0.05) is 29.8 Å². The van der Waals surface area contributed by atoms with E-state index in [1.54, 1.807) is 48.5 Å². The molecule has 3 aromatic carbocycles. The zero-order valence-corrected chi connectivity index (χ0v) is 17.1. The van der Waals surface area contributed by atoms with Crippen LogP contribution in [-0.4, -0.2) is 12.6 Å². The Kier molecular flexibility index (Phi) is 5.71. The number of fused-ring (bicyclic) bond motifs is 1. The molecule has 1 heterocycles. The molecule has 0 bridgehead atoms. The minimum absolute atomic E-state index is 0.0316. The number of esters is 1. The van der Waals surface area contributed by atoms with Crippen LogP contribution in [0, 0.1) is 6.92 Å². The smallest absolute Gasteiger partial charge is 0.343 e. The zero-order chi connectivity index (χ0) is 21.8. The highest BCUT2D eigenvalue weighted by molar-refractivity contribution is 5.91. The summed E-state index contributed by atoms with van der Waals surface area (Å²) >= 11 is 0. The van der Waals surface area contributed by atoms with Crippen molar-refractivity contribution in [3.63, 3.8) is 0 Å². The molecule has 6 heteroatoms. The summed E-state index contributed by atoms with van der Waals surface area (Å²) in [6.07, 6.45) is 1.24. The van der Waals surface area contributed by atoms with Gasteiger partial charge >= 0.3 is 5.97 Å². The Bertz CT molecular complexity index is 1300. The Morgan fingerprint density at radius 1 is 0.935 bits per heavy atom. The molecule has 0 amide bonds. The first-order chi connectivity index (χ1) is 15.0. The minimum Gasteiger partial charge on any atom is -0.490 e. The van der Waals surface area contributed by atoms with Gasteiger partial charge in [0.25, 0.3) is 0 Å². The molecule has 0 aliphatic rings. The summed E-state index contributed by atoms with van der Waals surface area (Å²) in [6, 6.07) is 18.8. The Morgan fingerprint density at radius 3 is 2.52 bits per heavy atom. The van der Waals surface area contributed by atoms with Crippen LogP contribution in [-0.2, 0) is 0 Å². The summed E-state index contributed by atoms with van der Waals surface area (Å²) in [4.78, 5) is 25.2. The van der Waals surface area contributed by atoms with Crippen LogP contribution < -0.4 is 19.6 Å². The summed E-state index contributed by atoms with van der Waals surface area (Å²) in [5.74, 6) is 0.766. The fraction of sp³-hybridized carbons (Fsp3) is 0.120. The lowest BCUT2D eigenvalue weighted by Crippen LogP contribution is -2.09. The van der Waals surface area contributed by atoms with Crippen molar-refractivity contribution < 1.29 is 23.4 Å². The van der Waals surface area contributed by atoms with Crippen LogP contribution in [0.3, 0.4) is 0 Å². The van der Waals surface area contributed by atoms with Crippen molar-refractivity contribution in [2.24, 2.45) is 0 Å². The summed E-state index contributed by atoms with van der Waals surface area (Å²) in [5.41, 5.74) is 1.34. The van der Waals surface area contributed by atoms with Crippen LogP contribution in [0.25, 0.3) is 11.0 Å². The highest BCUT2D eigenvalue weighted by atomic mass is 16.5. The quantitative estimate of drug-likeness (QED) is 0.305. The van der Waals surface area contributed by atoms with Gasteiger partial charge in [0.1, 0.15) is 17.6 Å². The van der Waals surface area contributed by atoms with E-state index in [0.717, 1.165) is 5.56 Å². The van der Waals surface area contributed by atoms with Crippen LogP contribution in [0.15, 0.2) is 82.2 Å². The summed E-state index contributed by atoms with van der Waals surface area (Å²) in [5, 5.41) is 0.307. The molecule has 0 aliphatic carbocycles. The van der Waals surface area contributed by atoms with E-state index in [2.05, 4.69) is 0 Å². The van der Waals surface area contributed by atoms with E-state index in [-0.39, 0.29) is 22.5 Å². The lowest BCUT2D eigenvalue weighted by Gasteiger charge is -2.11. The van der Waals surface area contributed by atoms with E-state index >= 15 is 0 Å². The second-order valence-electron chi connectivity index (χ2n) is 6.83. The number of benzene rings is 3. The third-order valence-corrected chi connectivity index (χ3v) is 4.55. The second kappa shape index (κ2) is 8.75. The highest BCUT2D eigenvalue weighted by Gasteiger charge is 2.14. The van der Waals surface area contributed by atoms with E-state index in [0.29, 0.717) is 29.1 Å². The number of carbonyl (C=O) groups excluding carboxylic acids is 1.